The topological polar surface area (TPSA) is 49.8 Å². The van der Waals surface area contributed by atoms with Gasteiger partial charge in [0.1, 0.15) is 5.82 Å². The quantitative estimate of drug-likeness (QED) is 0.856. The SMILES string of the molecule is CNc1ncc(C)c(NC2C3C4CCC(C4)C23)n1. The fraction of sp³-hybridized carbons (Fsp3) is 0.714. The summed E-state index contributed by atoms with van der Waals surface area (Å²) < 4.78 is 0. The van der Waals surface area contributed by atoms with Gasteiger partial charge in [-0.15, -0.1) is 0 Å². The molecule has 1 heterocycles. The Kier molecular flexibility index (Phi) is 2.11. The van der Waals surface area contributed by atoms with E-state index in [2.05, 4.69) is 27.5 Å². The van der Waals surface area contributed by atoms with Crippen molar-refractivity contribution in [2.75, 3.05) is 17.7 Å². The van der Waals surface area contributed by atoms with Crippen molar-refractivity contribution >= 4 is 11.8 Å². The van der Waals surface area contributed by atoms with Crippen molar-refractivity contribution in [3.63, 3.8) is 0 Å². The standard InChI is InChI=1S/C14H20N4/c1-7-6-16-14(15-2)18-13(7)17-12-10-8-3-4-9(5-8)11(10)12/h6,8-12H,3-5H2,1-2H3,(H2,15,16,17,18). The third-order valence-corrected chi connectivity index (χ3v) is 5.23. The second kappa shape index (κ2) is 3.59. The fourth-order valence-electron chi connectivity index (χ4n) is 4.38. The predicted molar refractivity (Wildman–Crippen MR) is 71.5 cm³/mol. The van der Waals surface area contributed by atoms with E-state index in [1.54, 1.807) is 0 Å². The van der Waals surface area contributed by atoms with E-state index in [1.807, 2.05) is 13.2 Å². The van der Waals surface area contributed by atoms with Crippen LogP contribution in [-0.2, 0) is 0 Å². The maximum absolute atomic E-state index is 4.54. The lowest BCUT2D eigenvalue weighted by molar-refractivity contribution is 0.456. The lowest BCUT2D eigenvalue weighted by Gasteiger charge is -2.13. The van der Waals surface area contributed by atoms with Crippen LogP contribution >= 0.6 is 0 Å². The summed E-state index contributed by atoms with van der Waals surface area (Å²) in [5.74, 6) is 5.61. The number of hydrogen-bond acceptors (Lipinski definition) is 4. The third-order valence-electron chi connectivity index (χ3n) is 5.23. The van der Waals surface area contributed by atoms with E-state index >= 15 is 0 Å². The number of aryl methyl sites for hydroxylation is 1. The molecule has 96 valence electrons. The van der Waals surface area contributed by atoms with Crippen LogP contribution in [0.5, 0.6) is 0 Å². The average Bonchev–Trinajstić information content (AvgIpc) is 2.79. The van der Waals surface area contributed by atoms with Gasteiger partial charge in [0.05, 0.1) is 0 Å². The first-order valence-electron chi connectivity index (χ1n) is 7.06. The zero-order chi connectivity index (χ0) is 12.3. The van der Waals surface area contributed by atoms with Gasteiger partial charge in [0.15, 0.2) is 0 Å². The maximum Gasteiger partial charge on any atom is 0.224 e. The van der Waals surface area contributed by atoms with E-state index in [-0.39, 0.29) is 0 Å². The van der Waals surface area contributed by atoms with Gasteiger partial charge in [-0.25, -0.2) is 4.98 Å². The van der Waals surface area contributed by atoms with Crippen LogP contribution in [0.4, 0.5) is 11.8 Å². The van der Waals surface area contributed by atoms with Gasteiger partial charge in [-0.2, -0.15) is 4.98 Å². The molecule has 1 aromatic rings. The second-order valence-electron chi connectivity index (χ2n) is 6.13. The van der Waals surface area contributed by atoms with Crippen molar-refractivity contribution in [3.8, 4) is 0 Å². The maximum atomic E-state index is 4.54. The van der Waals surface area contributed by atoms with Gasteiger partial charge in [-0.05, 0) is 49.9 Å². The Morgan fingerprint density at radius 3 is 2.61 bits per heavy atom. The van der Waals surface area contributed by atoms with E-state index in [1.165, 1.54) is 19.3 Å². The lowest BCUT2D eigenvalue weighted by Crippen LogP contribution is -2.15. The van der Waals surface area contributed by atoms with Crippen molar-refractivity contribution < 1.29 is 0 Å². The minimum atomic E-state index is 0.689. The lowest BCUT2D eigenvalue weighted by atomic mass is 10.0. The van der Waals surface area contributed by atoms with Crippen molar-refractivity contribution in [3.05, 3.63) is 11.8 Å². The molecule has 3 saturated carbocycles. The van der Waals surface area contributed by atoms with Gasteiger partial charge in [-0.3, -0.25) is 0 Å². The number of fused-ring (bicyclic) bond motifs is 5. The molecule has 4 rings (SSSR count). The minimum Gasteiger partial charge on any atom is -0.366 e. The van der Waals surface area contributed by atoms with Crippen LogP contribution in [0.2, 0.25) is 0 Å². The van der Waals surface area contributed by atoms with Gasteiger partial charge >= 0.3 is 0 Å². The summed E-state index contributed by atoms with van der Waals surface area (Å²) in [6.07, 6.45) is 6.33. The highest BCUT2D eigenvalue weighted by Gasteiger charge is 2.65. The molecule has 2 N–H and O–H groups in total. The van der Waals surface area contributed by atoms with Crippen LogP contribution in [0.25, 0.3) is 0 Å². The number of nitrogens with one attached hydrogen (secondary N) is 2. The van der Waals surface area contributed by atoms with Crippen LogP contribution in [-0.4, -0.2) is 23.1 Å². The van der Waals surface area contributed by atoms with E-state index < -0.39 is 0 Å². The Morgan fingerprint density at radius 1 is 1.22 bits per heavy atom. The second-order valence-corrected chi connectivity index (χ2v) is 6.13. The smallest absolute Gasteiger partial charge is 0.224 e. The predicted octanol–water partition coefficient (Wildman–Crippen LogP) is 2.28. The van der Waals surface area contributed by atoms with Gasteiger partial charge < -0.3 is 10.6 Å². The molecule has 4 heteroatoms. The first-order chi connectivity index (χ1) is 8.78. The highest BCUT2D eigenvalue weighted by molar-refractivity contribution is 5.49. The van der Waals surface area contributed by atoms with E-state index in [9.17, 15) is 0 Å². The molecule has 2 bridgehead atoms. The molecule has 3 aliphatic carbocycles. The van der Waals surface area contributed by atoms with Gasteiger partial charge in [0, 0.05) is 24.8 Å². The average molecular weight is 244 g/mol. The Labute approximate surface area is 108 Å². The highest BCUT2D eigenvalue weighted by Crippen LogP contribution is 2.66. The number of hydrogen-bond donors (Lipinski definition) is 2. The van der Waals surface area contributed by atoms with Crippen LogP contribution < -0.4 is 10.6 Å². The van der Waals surface area contributed by atoms with Crippen molar-refractivity contribution in [1.82, 2.24) is 9.97 Å². The number of aromatic nitrogens is 2. The van der Waals surface area contributed by atoms with Gasteiger partial charge in [0.2, 0.25) is 5.95 Å². The summed E-state index contributed by atoms with van der Waals surface area (Å²) in [6, 6.07) is 0.689. The molecule has 0 aromatic carbocycles. The number of anilines is 2. The molecule has 4 nitrogen and oxygen atoms in total. The first-order valence-corrected chi connectivity index (χ1v) is 7.06. The van der Waals surface area contributed by atoms with Crippen molar-refractivity contribution in [1.29, 1.82) is 0 Å². The first kappa shape index (κ1) is 10.6. The molecule has 4 unspecified atom stereocenters. The Bertz CT molecular complexity index is 471. The van der Waals surface area contributed by atoms with E-state index in [4.69, 9.17) is 0 Å². The largest absolute Gasteiger partial charge is 0.366 e. The van der Waals surface area contributed by atoms with E-state index in [0.29, 0.717) is 12.0 Å². The number of nitrogens with zero attached hydrogens (tertiary/aromatic N) is 2. The third kappa shape index (κ3) is 1.38. The zero-order valence-electron chi connectivity index (χ0n) is 11.0. The summed E-state index contributed by atoms with van der Waals surface area (Å²) in [5, 5.41) is 6.68. The van der Waals surface area contributed by atoms with Crippen LogP contribution in [0.15, 0.2) is 6.20 Å². The summed E-state index contributed by atoms with van der Waals surface area (Å²) >= 11 is 0. The molecule has 0 amide bonds. The monoisotopic (exact) mass is 244 g/mol. The van der Waals surface area contributed by atoms with Crippen LogP contribution in [0, 0.1) is 30.6 Å². The van der Waals surface area contributed by atoms with Gasteiger partial charge in [-0.1, -0.05) is 0 Å². The van der Waals surface area contributed by atoms with Crippen LogP contribution in [0.3, 0.4) is 0 Å². The minimum absolute atomic E-state index is 0.689. The normalized spacial score (nSPS) is 39.6. The molecular formula is C14H20N4. The Morgan fingerprint density at radius 2 is 1.94 bits per heavy atom. The van der Waals surface area contributed by atoms with Crippen LogP contribution in [0.1, 0.15) is 24.8 Å². The Balaban J connectivity index is 1.53. The summed E-state index contributed by atoms with van der Waals surface area (Å²) in [7, 11) is 1.86. The van der Waals surface area contributed by atoms with Crippen molar-refractivity contribution in [2.45, 2.75) is 32.2 Å². The molecular weight excluding hydrogens is 224 g/mol. The number of rotatable bonds is 3. The summed E-state index contributed by atoms with van der Waals surface area (Å²) in [4.78, 5) is 8.77. The molecule has 1 aromatic heterocycles. The molecule has 0 saturated heterocycles. The summed E-state index contributed by atoms with van der Waals surface area (Å²) in [6.45, 7) is 2.08. The molecule has 3 fully saturated rings. The molecule has 4 atom stereocenters. The molecule has 0 radical (unpaired) electrons. The molecule has 0 spiro atoms. The summed E-state index contributed by atoms with van der Waals surface area (Å²) in [5.41, 5.74) is 1.14. The highest BCUT2D eigenvalue weighted by atomic mass is 15.2. The molecule has 0 aliphatic heterocycles. The fourth-order valence-corrected chi connectivity index (χ4v) is 4.38. The van der Waals surface area contributed by atoms with Crippen molar-refractivity contribution in [2.24, 2.45) is 23.7 Å². The zero-order valence-corrected chi connectivity index (χ0v) is 11.0. The van der Waals surface area contributed by atoms with Gasteiger partial charge in [0.25, 0.3) is 0 Å². The molecule has 3 aliphatic rings. The Hall–Kier alpha value is -1.32. The molecule has 18 heavy (non-hydrogen) atoms. The van der Waals surface area contributed by atoms with E-state index in [0.717, 1.165) is 35.1 Å².